The number of aryl methyl sites for hydroxylation is 1. The second-order valence-electron chi connectivity index (χ2n) is 4.15. The van der Waals surface area contributed by atoms with E-state index in [1.54, 1.807) is 18.3 Å². The zero-order valence-corrected chi connectivity index (χ0v) is 10.5. The Morgan fingerprint density at radius 3 is 2.83 bits per heavy atom. The second kappa shape index (κ2) is 4.91. The zero-order chi connectivity index (χ0) is 13.1. The molecule has 0 unspecified atom stereocenters. The van der Waals surface area contributed by atoms with E-state index in [1.165, 1.54) is 0 Å². The molecule has 18 heavy (non-hydrogen) atoms. The lowest BCUT2D eigenvalue weighted by molar-refractivity contribution is 0.0946. The number of nitrogens with one attached hydrogen (secondary N) is 1. The number of pyridine rings is 1. The van der Waals surface area contributed by atoms with Gasteiger partial charge in [0.05, 0.1) is 12.2 Å². The minimum absolute atomic E-state index is 0.257. The van der Waals surface area contributed by atoms with Gasteiger partial charge in [0.15, 0.2) is 5.69 Å². The maximum atomic E-state index is 11.9. The SMILES string of the molecule is Cc1ccc(CNC(=O)c2ncccc2N)n1C. The minimum Gasteiger partial charge on any atom is -0.397 e. The fourth-order valence-electron chi connectivity index (χ4n) is 1.71. The number of nitrogen functional groups attached to an aromatic ring is 1. The molecular formula is C13H16N4O. The van der Waals surface area contributed by atoms with E-state index < -0.39 is 0 Å². The Balaban J connectivity index is 2.05. The van der Waals surface area contributed by atoms with Crippen LogP contribution < -0.4 is 11.1 Å². The van der Waals surface area contributed by atoms with Crippen LogP contribution in [0.25, 0.3) is 0 Å². The molecule has 0 radical (unpaired) electrons. The van der Waals surface area contributed by atoms with Crippen LogP contribution in [0.5, 0.6) is 0 Å². The summed E-state index contributed by atoms with van der Waals surface area (Å²) >= 11 is 0. The largest absolute Gasteiger partial charge is 0.397 e. The molecule has 5 heteroatoms. The summed E-state index contributed by atoms with van der Waals surface area (Å²) in [5.74, 6) is -0.257. The molecule has 0 atom stereocenters. The molecule has 0 aromatic carbocycles. The summed E-state index contributed by atoms with van der Waals surface area (Å²) < 4.78 is 2.03. The fourth-order valence-corrected chi connectivity index (χ4v) is 1.71. The summed E-state index contributed by atoms with van der Waals surface area (Å²) in [7, 11) is 1.96. The standard InChI is InChI=1S/C13H16N4O/c1-9-5-6-10(17(9)2)8-16-13(18)12-11(14)4-3-7-15-12/h3-7H,8,14H2,1-2H3,(H,16,18). The van der Waals surface area contributed by atoms with Crippen LogP contribution in [0.2, 0.25) is 0 Å². The predicted octanol–water partition coefficient (Wildman–Crippen LogP) is 1.24. The van der Waals surface area contributed by atoms with Gasteiger partial charge in [0.25, 0.3) is 5.91 Å². The van der Waals surface area contributed by atoms with Crippen LogP contribution in [0.1, 0.15) is 21.9 Å². The monoisotopic (exact) mass is 244 g/mol. The Morgan fingerprint density at radius 2 is 2.22 bits per heavy atom. The lowest BCUT2D eigenvalue weighted by Gasteiger charge is -2.08. The van der Waals surface area contributed by atoms with Gasteiger partial charge in [0.2, 0.25) is 0 Å². The van der Waals surface area contributed by atoms with E-state index in [0.29, 0.717) is 12.2 Å². The summed E-state index contributed by atoms with van der Waals surface area (Å²) in [5.41, 5.74) is 8.54. The van der Waals surface area contributed by atoms with E-state index in [0.717, 1.165) is 11.4 Å². The van der Waals surface area contributed by atoms with Crippen molar-refractivity contribution >= 4 is 11.6 Å². The van der Waals surface area contributed by atoms with Gasteiger partial charge in [0.1, 0.15) is 0 Å². The molecule has 0 aliphatic rings. The van der Waals surface area contributed by atoms with E-state index in [1.807, 2.05) is 30.7 Å². The van der Waals surface area contributed by atoms with Crippen LogP contribution in [0.3, 0.4) is 0 Å². The first-order valence-electron chi connectivity index (χ1n) is 5.69. The highest BCUT2D eigenvalue weighted by molar-refractivity contribution is 5.96. The van der Waals surface area contributed by atoms with Crippen molar-refractivity contribution in [2.45, 2.75) is 13.5 Å². The number of nitrogens with zero attached hydrogens (tertiary/aromatic N) is 2. The van der Waals surface area contributed by atoms with E-state index in [2.05, 4.69) is 10.3 Å². The maximum absolute atomic E-state index is 11.9. The summed E-state index contributed by atoms with van der Waals surface area (Å²) in [6.45, 7) is 2.47. The zero-order valence-electron chi connectivity index (χ0n) is 10.5. The summed E-state index contributed by atoms with van der Waals surface area (Å²) in [4.78, 5) is 15.9. The lowest BCUT2D eigenvalue weighted by atomic mass is 10.3. The molecule has 5 nitrogen and oxygen atoms in total. The van der Waals surface area contributed by atoms with Gasteiger partial charge < -0.3 is 15.6 Å². The fraction of sp³-hybridized carbons (Fsp3) is 0.231. The van der Waals surface area contributed by atoms with E-state index in [4.69, 9.17) is 5.73 Å². The number of hydrogen-bond donors (Lipinski definition) is 2. The molecule has 2 rings (SSSR count). The molecule has 2 aromatic rings. The van der Waals surface area contributed by atoms with Gasteiger partial charge in [-0.1, -0.05) is 0 Å². The average molecular weight is 244 g/mol. The minimum atomic E-state index is -0.257. The smallest absolute Gasteiger partial charge is 0.272 e. The molecule has 0 fully saturated rings. The molecule has 3 N–H and O–H groups in total. The van der Waals surface area contributed by atoms with Crippen LogP contribution in [-0.4, -0.2) is 15.5 Å². The van der Waals surface area contributed by atoms with Crippen LogP contribution in [0, 0.1) is 6.92 Å². The van der Waals surface area contributed by atoms with Crippen molar-refractivity contribution in [2.75, 3.05) is 5.73 Å². The van der Waals surface area contributed by atoms with Crippen molar-refractivity contribution in [1.82, 2.24) is 14.9 Å². The highest BCUT2D eigenvalue weighted by Gasteiger charge is 2.11. The summed E-state index contributed by atoms with van der Waals surface area (Å²) in [5, 5.41) is 2.81. The molecule has 94 valence electrons. The quantitative estimate of drug-likeness (QED) is 0.853. The number of aromatic nitrogens is 2. The predicted molar refractivity (Wildman–Crippen MR) is 70.0 cm³/mol. The van der Waals surface area contributed by atoms with Crippen LogP contribution in [-0.2, 0) is 13.6 Å². The normalized spacial score (nSPS) is 10.3. The Hall–Kier alpha value is -2.30. The second-order valence-corrected chi connectivity index (χ2v) is 4.15. The summed E-state index contributed by atoms with van der Waals surface area (Å²) in [6.07, 6.45) is 1.55. The number of rotatable bonds is 3. The molecule has 0 saturated heterocycles. The van der Waals surface area contributed by atoms with Gasteiger partial charge in [0, 0.05) is 24.6 Å². The van der Waals surface area contributed by atoms with Gasteiger partial charge in [-0.2, -0.15) is 0 Å². The van der Waals surface area contributed by atoms with E-state index >= 15 is 0 Å². The van der Waals surface area contributed by atoms with Crippen molar-refractivity contribution < 1.29 is 4.79 Å². The molecule has 0 bridgehead atoms. The first kappa shape index (κ1) is 12.2. The van der Waals surface area contributed by atoms with Crippen LogP contribution in [0.4, 0.5) is 5.69 Å². The van der Waals surface area contributed by atoms with Gasteiger partial charge in [-0.05, 0) is 31.2 Å². The van der Waals surface area contributed by atoms with Crippen molar-refractivity contribution in [1.29, 1.82) is 0 Å². The molecule has 0 spiro atoms. The van der Waals surface area contributed by atoms with Gasteiger partial charge in [-0.25, -0.2) is 4.98 Å². The molecule has 0 aliphatic carbocycles. The lowest BCUT2D eigenvalue weighted by Crippen LogP contribution is -2.25. The van der Waals surface area contributed by atoms with Crippen molar-refractivity contribution in [3.05, 3.63) is 47.5 Å². The molecule has 2 heterocycles. The summed E-state index contributed by atoms with van der Waals surface area (Å²) in [6, 6.07) is 7.36. The molecule has 0 aliphatic heterocycles. The highest BCUT2D eigenvalue weighted by atomic mass is 16.1. The number of carbonyl (C=O) groups is 1. The Kier molecular flexibility index (Phi) is 3.32. The first-order valence-corrected chi connectivity index (χ1v) is 5.69. The van der Waals surface area contributed by atoms with Gasteiger partial charge in [-0.15, -0.1) is 0 Å². The third-order valence-electron chi connectivity index (χ3n) is 2.96. The number of hydrogen-bond acceptors (Lipinski definition) is 3. The number of anilines is 1. The molecular weight excluding hydrogens is 228 g/mol. The third kappa shape index (κ3) is 2.34. The Bertz CT molecular complexity index is 574. The van der Waals surface area contributed by atoms with Crippen molar-refractivity contribution in [3.8, 4) is 0 Å². The third-order valence-corrected chi connectivity index (χ3v) is 2.96. The molecule has 0 saturated carbocycles. The topological polar surface area (TPSA) is 72.9 Å². The first-order chi connectivity index (χ1) is 8.59. The number of carbonyl (C=O) groups excluding carboxylic acids is 1. The van der Waals surface area contributed by atoms with Crippen molar-refractivity contribution in [3.63, 3.8) is 0 Å². The number of amides is 1. The van der Waals surface area contributed by atoms with Crippen molar-refractivity contribution in [2.24, 2.45) is 7.05 Å². The van der Waals surface area contributed by atoms with Gasteiger partial charge in [-0.3, -0.25) is 4.79 Å². The maximum Gasteiger partial charge on any atom is 0.272 e. The number of nitrogens with two attached hydrogens (primary N) is 1. The van der Waals surface area contributed by atoms with Crippen LogP contribution >= 0.6 is 0 Å². The van der Waals surface area contributed by atoms with Crippen LogP contribution in [0.15, 0.2) is 30.5 Å². The molecule has 1 amide bonds. The van der Waals surface area contributed by atoms with E-state index in [-0.39, 0.29) is 11.6 Å². The Morgan fingerprint density at radius 1 is 1.44 bits per heavy atom. The highest BCUT2D eigenvalue weighted by Crippen LogP contribution is 2.08. The molecule has 2 aromatic heterocycles. The van der Waals surface area contributed by atoms with E-state index in [9.17, 15) is 4.79 Å². The Labute approximate surface area is 106 Å². The average Bonchev–Trinajstić information content (AvgIpc) is 2.68. The van der Waals surface area contributed by atoms with Gasteiger partial charge >= 0.3 is 0 Å².